The molecule has 2 aromatic carbocycles. The summed E-state index contributed by atoms with van der Waals surface area (Å²) >= 11 is 0. The third-order valence-electron chi connectivity index (χ3n) is 7.54. The van der Waals surface area contributed by atoms with Crippen molar-refractivity contribution in [1.82, 2.24) is 10.2 Å². The van der Waals surface area contributed by atoms with E-state index in [0.29, 0.717) is 12.8 Å². The van der Waals surface area contributed by atoms with Gasteiger partial charge in [0.1, 0.15) is 12.6 Å². The molecule has 8 heteroatoms. The van der Waals surface area contributed by atoms with Crippen molar-refractivity contribution in [2.75, 3.05) is 6.61 Å². The Morgan fingerprint density at radius 1 is 0.971 bits per heavy atom. The molecule has 2 fully saturated rings. The summed E-state index contributed by atoms with van der Waals surface area (Å²) < 4.78 is 5.59. The number of aliphatic carboxylic acids is 1. The molecule has 3 N–H and O–H groups in total. The fraction of sp³-hybridized carbons (Fsp3) is 0.444. The average Bonchev–Trinajstić information content (AvgIpc) is 3.31. The van der Waals surface area contributed by atoms with Crippen molar-refractivity contribution in [1.29, 1.82) is 0 Å². The van der Waals surface area contributed by atoms with E-state index in [1.54, 1.807) is 4.90 Å². The van der Waals surface area contributed by atoms with Crippen LogP contribution in [0.25, 0.3) is 11.1 Å². The van der Waals surface area contributed by atoms with Crippen molar-refractivity contribution >= 4 is 18.0 Å². The Bertz CT molecular complexity index is 1070. The molecular weight excluding hydrogens is 448 g/mol. The highest BCUT2D eigenvalue weighted by Crippen LogP contribution is 2.44. The van der Waals surface area contributed by atoms with Gasteiger partial charge in [0.15, 0.2) is 0 Å². The van der Waals surface area contributed by atoms with Gasteiger partial charge in [-0.3, -0.25) is 9.59 Å². The lowest BCUT2D eigenvalue weighted by Crippen LogP contribution is -2.55. The van der Waals surface area contributed by atoms with Crippen molar-refractivity contribution in [3.05, 3.63) is 59.7 Å². The number of carbonyl (C=O) groups is 3. The first-order valence-electron chi connectivity index (χ1n) is 12.3. The molecule has 8 nitrogen and oxygen atoms in total. The lowest BCUT2D eigenvalue weighted by molar-refractivity contribution is -0.140. The molecule has 2 heterocycles. The highest BCUT2D eigenvalue weighted by Gasteiger charge is 2.45. The van der Waals surface area contributed by atoms with Crippen LogP contribution in [0.5, 0.6) is 0 Å². The molecule has 184 valence electrons. The monoisotopic (exact) mass is 478 g/mol. The van der Waals surface area contributed by atoms with Gasteiger partial charge in [-0.1, -0.05) is 48.5 Å². The second kappa shape index (κ2) is 9.70. The molecule has 3 aliphatic rings. The molecule has 0 radical (unpaired) electrons. The van der Waals surface area contributed by atoms with Crippen molar-refractivity contribution in [2.24, 2.45) is 0 Å². The fourth-order valence-corrected chi connectivity index (χ4v) is 6.00. The van der Waals surface area contributed by atoms with Crippen LogP contribution in [0.1, 0.15) is 55.6 Å². The van der Waals surface area contributed by atoms with Gasteiger partial charge in [0.2, 0.25) is 5.91 Å². The van der Waals surface area contributed by atoms with E-state index in [9.17, 15) is 24.6 Å². The normalized spacial score (nSPS) is 23.3. The number of rotatable bonds is 7. The minimum Gasteiger partial charge on any atom is -0.481 e. The summed E-state index contributed by atoms with van der Waals surface area (Å²) in [6, 6.07) is 14.9. The second-order valence-corrected chi connectivity index (χ2v) is 9.71. The highest BCUT2D eigenvalue weighted by atomic mass is 16.5. The number of amides is 2. The maximum absolute atomic E-state index is 13.4. The smallest absolute Gasteiger partial charge is 0.407 e. The van der Waals surface area contributed by atoms with Gasteiger partial charge < -0.3 is 25.2 Å². The standard InChI is InChI=1S/C27H30N2O6/c30-18-13-16-9-10-17(14-18)29(16)26(33)24(11-12-25(31)32)28-27(34)35-15-23-21-7-3-1-5-19(21)20-6-2-4-8-22(20)23/h1-8,16-18,23-24,30H,9-15H2,(H,28,34)(H,31,32). The number of aliphatic hydroxyl groups is 1. The minimum atomic E-state index is -1.03. The number of alkyl carbamates (subject to hydrolysis) is 1. The summed E-state index contributed by atoms with van der Waals surface area (Å²) in [6.45, 7) is 0.112. The van der Waals surface area contributed by atoms with Crippen molar-refractivity contribution < 1.29 is 29.3 Å². The quantitative estimate of drug-likeness (QED) is 0.563. The summed E-state index contributed by atoms with van der Waals surface area (Å²) in [6.07, 6.45) is 1.22. The number of fused-ring (bicyclic) bond motifs is 5. The molecule has 2 bridgehead atoms. The van der Waals surface area contributed by atoms with E-state index in [4.69, 9.17) is 4.74 Å². The van der Waals surface area contributed by atoms with E-state index >= 15 is 0 Å². The molecule has 2 aliphatic heterocycles. The lowest BCUT2D eigenvalue weighted by atomic mass is 9.98. The Morgan fingerprint density at radius 2 is 1.54 bits per heavy atom. The largest absolute Gasteiger partial charge is 0.481 e. The van der Waals surface area contributed by atoms with E-state index in [1.165, 1.54) is 0 Å². The molecule has 3 atom stereocenters. The van der Waals surface area contributed by atoms with Crippen LogP contribution in [0.3, 0.4) is 0 Å². The molecule has 0 aromatic heterocycles. The van der Waals surface area contributed by atoms with Gasteiger partial charge in [-0.25, -0.2) is 4.79 Å². The number of carbonyl (C=O) groups excluding carboxylic acids is 2. The Balaban J connectivity index is 1.27. The van der Waals surface area contributed by atoms with E-state index in [2.05, 4.69) is 17.4 Å². The van der Waals surface area contributed by atoms with Crippen molar-refractivity contribution in [3.8, 4) is 11.1 Å². The van der Waals surface area contributed by atoms with Crippen LogP contribution >= 0.6 is 0 Å². The number of carboxylic acids is 1. The Labute approximate surface area is 203 Å². The number of carboxylic acid groups (broad SMARTS) is 1. The van der Waals surface area contributed by atoms with Crippen LogP contribution in [0.15, 0.2) is 48.5 Å². The van der Waals surface area contributed by atoms with Crippen molar-refractivity contribution in [2.45, 2.75) is 68.7 Å². The summed E-state index contributed by atoms with van der Waals surface area (Å²) in [5.41, 5.74) is 4.41. The van der Waals surface area contributed by atoms with Gasteiger partial charge in [-0.15, -0.1) is 0 Å². The van der Waals surface area contributed by atoms with Crippen LogP contribution in [-0.2, 0) is 14.3 Å². The molecular formula is C27H30N2O6. The van der Waals surface area contributed by atoms with Gasteiger partial charge in [-0.05, 0) is 54.4 Å². The number of hydrogen-bond acceptors (Lipinski definition) is 5. The molecule has 2 aromatic rings. The van der Waals surface area contributed by atoms with Crippen LogP contribution in [0.2, 0.25) is 0 Å². The molecule has 5 rings (SSSR count). The van der Waals surface area contributed by atoms with Gasteiger partial charge in [0.25, 0.3) is 0 Å². The predicted molar refractivity (Wildman–Crippen MR) is 128 cm³/mol. The zero-order chi connectivity index (χ0) is 24.5. The molecule has 35 heavy (non-hydrogen) atoms. The van der Waals surface area contributed by atoms with E-state index < -0.39 is 24.2 Å². The SMILES string of the molecule is O=C(O)CCC(NC(=O)OCC1c2ccccc2-c2ccccc21)C(=O)N1C2CCC1CC(O)C2. The van der Waals surface area contributed by atoms with E-state index in [1.807, 2.05) is 36.4 Å². The Morgan fingerprint density at radius 3 is 2.11 bits per heavy atom. The first-order valence-corrected chi connectivity index (χ1v) is 12.3. The number of benzene rings is 2. The zero-order valence-corrected chi connectivity index (χ0v) is 19.4. The highest BCUT2D eigenvalue weighted by molar-refractivity contribution is 5.87. The first-order chi connectivity index (χ1) is 16.9. The molecule has 2 saturated heterocycles. The number of aliphatic hydroxyl groups excluding tert-OH is 1. The number of piperidine rings is 1. The minimum absolute atomic E-state index is 0.0170. The summed E-state index contributed by atoms with van der Waals surface area (Å²) in [5, 5.41) is 21.9. The van der Waals surface area contributed by atoms with Gasteiger partial charge >= 0.3 is 12.1 Å². The van der Waals surface area contributed by atoms with Gasteiger partial charge in [0.05, 0.1) is 6.10 Å². The molecule has 3 unspecified atom stereocenters. The first kappa shape index (κ1) is 23.4. The maximum Gasteiger partial charge on any atom is 0.407 e. The molecule has 1 aliphatic carbocycles. The van der Waals surface area contributed by atoms with Crippen LogP contribution in [0, 0.1) is 0 Å². The average molecular weight is 479 g/mol. The number of nitrogens with zero attached hydrogens (tertiary/aromatic N) is 1. The van der Waals surface area contributed by atoms with E-state index in [0.717, 1.165) is 35.1 Å². The van der Waals surface area contributed by atoms with Crippen LogP contribution in [0.4, 0.5) is 4.79 Å². The topological polar surface area (TPSA) is 116 Å². The second-order valence-electron chi connectivity index (χ2n) is 9.71. The van der Waals surface area contributed by atoms with Crippen LogP contribution in [-0.4, -0.2) is 63.9 Å². The van der Waals surface area contributed by atoms with Crippen molar-refractivity contribution in [3.63, 3.8) is 0 Å². The number of nitrogens with one attached hydrogen (secondary N) is 1. The molecule has 2 amide bonds. The third kappa shape index (κ3) is 4.62. The van der Waals surface area contributed by atoms with Gasteiger partial charge in [-0.2, -0.15) is 0 Å². The number of hydrogen-bond donors (Lipinski definition) is 3. The van der Waals surface area contributed by atoms with Crippen LogP contribution < -0.4 is 5.32 Å². The Hall–Kier alpha value is -3.39. The maximum atomic E-state index is 13.4. The van der Waals surface area contributed by atoms with E-state index in [-0.39, 0.29) is 43.4 Å². The third-order valence-corrected chi connectivity index (χ3v) is 7.54. The fourth-order valence-electron chi connectivity index (χ4n) is 6.00. The summed E-state index contributed by atoms with van der Waals surface area (Å²) in [5.74, 6) is -1.44. The summed E-state index contributed by atoms with van der Waals surface area (Å²) in [7, 11) is 0. The lowest BCUT2D eigenvalue weighted by Gasteiger charge is -2.39. The zero-order valence-electron chi connectivity index (χ0n) is 19.4. The van der Waals surface area contributed by atoms with Gasteiger partial charge in [0, 0.05) is 24.4 Å². The molecule has 0 spiro atoms. The number of ether oxygens (including phenoxy) is 1. The summed E-state index contributed by atoms with van der Waals surface area (Å²) in [4.78, 5) is 39.1. The Kier molecular flexibility index (Phi) is 6.47. The molecule has 0 saturated carbocycles. The predicted octanol–water partition coefficient (Wildman–Crippen LogP) is 3.27.